The second kappa shape index (κ2) is 7.73. The molecule has 138 valence electrons. The number of carbonyl (C=O) groups is 2. The van der Waals surface area contributed by atoms with Crippen LogP contribution in [0, 0.1) is 10.1 Å². The zero-order chi connectivity index (χ0) is 19.6. The Bertz CT molecular complexity index is 960. The molecule has 0 radical (unpaired) electrons. The molecular formula is C17H11Cl2N3O5. The second-order valence-corrected chi connectivity index (χ2v) is 6.22. The smallest absolute Gasteiger partial charge is 0.316 e. The van der Waals surface area contributed by atoms with Gasteiger partial charge in [-0.15, -0.1) is 11.6 Å². The molecule has 10 heteroatoms. The highest BCUT2D eigenvalue weighted by molar-refractivity contribution is 6.54. The third-order valence-corrected chi connectivity index (χ3v) is 4.26. The third kappa shape index (κ3) is 3.91. The molecule has 1 aliphatic rings. The average Bonchev–Trinajstić information content (AvgIpc) is 2.92. The van der Waals surface area contributed by atoms with Crippen LogP contribution in [-0.2, 0) is 21.0 Å². The maximum absolute atomic E-state index is 12.8. The molecule has 0 saturated heterocycles. The summed E-state index contributed by atoms with van der Waals surface area (Å²) in [5.41, 5.74) is 0.982. The van der Waals surface area contributed by atoms with Gasteiger partial charge in [0.05, 0.1) is 17.2 Å². The highest BCUT2D eigenvalue weighted by Gasteiger charge is 2.36. The number of oxime groups is 1. The Morgan fingerprint density at radius 2 is 1.93 bits per heavy atom. The molecule has 2 aromatic rings. The van der Waals surface area contributed by atoms with Crippen LogP contribution in [0.2, 0.25) is 5.02 Å². The van der Waals surface area contributed by atoms with Crippen LogP contribution in [0.25, 0.3) is 0 Å². The van der Waals surface area contributed by atoms with Gasteiger partial charge in [0.25, 0.3) is 11.6 Å². The number of nitro groups is 1. The van der Waals surface area contributed by atoms with Crippen molar-refractivity contribution < 1.29 is 19.3 Å². The minimum atomic E-state index is -0.847. The molecule has 8 nitrogen and oxygen atoms in total. The lowest BCUT2D eigenvalue weighted by atomic mass is 10.1. The molecule has 0 aliphatic carbocycles. The number of anilines is 1. The number of nitrogens with zero attached hydrogens (tertiary/aromatic N) is 3. The number of rotatable bonds is 5. The number of halogens is 2. The second-order valence-electron chi connectivity index (χ2n) is 5.51. The minimum Gasteiger partial charge on any atom is -0.316 e. The van der Waals surface area contributed by atoms with Crippen molar-refractivity contribution in [1.82, 2.24) is 0 Å². The van der Waals surface area contributed by atoms with Gasteiger partial charge in [0.1, 0.15) is 5.88 Å². The van der Waals surface area contributed by atoms with Crippen LogP contribution in [0.1, 0.15) is 11.1 Å². The lowest BCUT2D eigenvalue weighted by Gasteiger charge is -2.16. The van der Waals surface area contributed by atoms with Crippen molar-refractivity contribution in [2.45, 2.75) is 6.54 Å². The number of alkyl halides is 1. The van der Waals surface area contributed by atoms with E-state index < -0.39 is 22.7 Å². The van der Waals surface area contributed by atoms with Gasteiger partial charge in [0.15, 0.2) is 5.71 Å². The summed E-state index contributed by atoms with van der Waals surface area (Å²) in [4.78, 5) is 40.5. The van der Waals surface area contributed by atoms with E-state index >= 15 is 0 Å². The average molecular weight is 408 g/mol. The number of non-ortho nitro benzene ring substituents is 1. The van der Waals surface area contributed by atoms with E-state index in [-0.39, 0.29) is 23.5 Å². The van der Waals surface area contributed by atoms with Gasteiger partial charge in [-0.05, 0) is 23.8 Å². The number of fused-ring (bicyclic) bond motifs is 1. The summed E-state index contributed by atoms with van der Waals surface area (Å²) in [5, 5.41) is 15.2. The van der Waals surface area contributed by atoms with Crippen LogP contribution in [-0.4, -0.2) is 28.4 Å². The van der Waals surface area contributed by atoms with E-state index in [1.165, 1.54) is 23.1 Å². The van der Waals surface area contributed by atoms with Crippen molar-refractivity contribution in [2.75, 3.05) is 10.8 Å². The van der Waals surface area contributed by atoms with Gasteiger partial charge in [0, 0.05) is 22.7 Å². The predicted molar refractivity (Wildman–Crippen MR) is 99.1 cm³/mol. The number of nitro benzene ring substituents is 1. The highest BCUT2D eigenvalue weighted by atomic mass is 35.5. The standard InChI is InChI=1S/C17H11Cl2N3O5/c18-8-15(23)27-20-16-13-7-12(22(25)26)5-6-14(13)21(17(16)24)9-10-1-3-11(19)4-2-10/h1-7H,8-9H2. The zero-order valence-electron chi connectivity index (χ0n) is 13.6. The molecule has 0 saturated carbocycles. The molecule has 1 aliphatic heterocycles. The minimum absolute atomic E-state index is 0.184. The summed E-state index contributed by atoms with van der Waals surface area (Å²) in [6.45, 7) is 0.184. The summed E-state index contributed by atoms with van der Waals surface area (Å²) in [5.74, 6) is -1.84. The van der Waals surface area contributed by atoms with Crippen LogP contribution >= 0.6 is 23.2 Å². The summed E-state index contributed by atoms with van der Waals surface area (Å²) in [7, 11) is 0. The molecule has 3 rings (SSSR count). The van der Waals surface area contributed by atoms with Gasteiger partial charge in [0.2, 0.25) is 0 Å². The fraction of sp³-hybridized carbons (Fsp3) is 0.118. The van der Waals surface area contributed by atoms with Crippen LogP contribution in [0.3, 0.4) is 0 Å². The number of hydrogen-bond donors (Lipinski definition) is 0. The molecule has 0 N–H and O–H groups in total. The Balaban J connectivity index is 2.01. The molecule has 0 aromatic heterocycles. The van der Waals surface area contributed by atoms with Gasteiger partial charge in [-0.1, -0.05) is 28.9 Å². The first kappa shape index (κ1) is 18.8. The molecule has 27 heavy (non-hydrogen) atoms. The van der Waals surface area contributed by atoms with E-state index in [0.29, 0.717) is 10.7 Å². The van der Waals surface area contributed by atoms with Crippen molar-refractivity contribution in [1.29, 1.82) is 0 Å². The van der Waals surface area contributed by atoms with Crippen molar-refractivity contribution in [3.05, 3.63) is 68.7 Å². The fourth-order valence-electron chi connectivity index (χ4n) is 2.55. The highest BCUT2D eigenvalue weighted by Crippen LogP contribution is 2.33. The first-order valence-corrected chi connectivity index (χ1v) is 8.51. The van der Waals surface area contributed by atoms with Gasteiger partial charge in [-0.25, -0.2) is 4.79 Å². The topological polar surface area (TPSA) is 102 Å². The molecule has 0 atom stereocenters. The molecule has 1 heterocycles. The van der Waals surface area contributed by atoms with Crippen LogP contribution < -0.4 is 4.90 Å². The summed E-state index contributed by atoms with van der Waals surface area (Å²) in [6, 6.07) is 10.8. The first-order chi connectivity index (χ1) is 12.9. The van der Waals surface area contributed by atoms with E-state index in [1.807, 2.05) is 0 Å². The normalized spacial score (nSPS) is 14.4. The first-order valence-electron chi connectivity index (χ1n) is 7.59. The van der Waals surface area contributed by atoms with Crippen molar-refractivity contribution in [3.8, 4) is 0 Å². The van der Waals surface area contributed by atoms with E-state index in [4.69, 9.17) is 23.2 Å². The Kier molecular flexibility index (Phi) is 5.38. The number of amides is 1. The lowest BCUT2D eigenvalue weighted by molar-refractivity contribution is -0.384. The fourth-order valence-corrected chi connectivity index (χ4v) is 2.73. The third-order valence-electron chi connectivity index (χ3n) is 3.79. The van der Waals surface area contributed by atoms with Gasteiger partial charge >= 0.3 is 5.97 Å². The zero-order valence-corrected chi connectivity index (χ0v) is 15.1. The maximum atomic E-state index is 12.8. The molecule has 2 aromatic carbocycles. The molecule has 0 unspecified atom stereocenters. The van der Waals surface area contributed by atoms with E-state index in [0.717, 1.165) is 5.56 Å². The van der Waals surface area contributed by atoms with Crippen molar-refractivity contribution >= 4 is 52.2 Å². The van der Waals surface area contributed by atoms with Crippen LogP contribution in [0.4, 0.5) is 11.4 Å². The lowest BCUT2D eigenvalue weighted by Crippen LogP contribution is -2.29. The summed E-state index contributed by atoms with van der Waals surface area (Å²) >= 11 is 11.2. The molecule has 0 fully saturated rings. The number of hydrogen-bond acceptors (Lipinski definition) is 6. The largest absolute Gasteiger partial charge is 0.349 e. The Morgan fingerprint density at radius 1 is 1.22 bits per heavy atom. The predicted octanol–water partition coefficient (Wildman–Crippen LogP) is 3.28. The van der Waals surface area contributed by atoms with Crippen LogP contribution in [0.15, 0.2) is 47.6 Å². The van der Waals surface area contributed by atoms with Crippen molar-refractivity contribution in [3.63, 3.8) is 0 Å². The summed E-state index contributed by atoms with van der Waals surface area (Å²) < 4.78 is 0. The monoisotopic (exact) mass is 407 g/mol. The summed E-state index contributed by atoms with van der Waals surface area (Å²) in [6.07, 6.45) is 0. The molecule has 1 amide bonds. The Labute approximate surface area is 163 Å². The molecule has 0 spiro atoms. The quantitative estimate of drug-likeness (QED) is 0.327. The van der Waals surface area contributed by atoms with Gasteiger partial charge in [-0.3, -0.25) is 14.9 Å². The van der Waals surface area contributed by atoms with Crippen molar-refractivity contribution in [2.24, 2.45) is 5.16 Å². The van der Waals surface area contributed by atoms with Crippen LogP contribution in [0.5, 0.6) is 0 Å². The van der Waals surface area contributed by atoms with E-state index in [1.54, 1.807) is 24.3 Å². The number of benzene rings is 2. The molecule has 0 bridgehead atoms. The molecular weight excluding hydrogens is 397 g/mol. The maximum Gasteiger partial charge on any atom is 0.349 e. The Morgan fingerprint density at radius 3 is 2.56 bits per heavy atom. The van der Waals surface area contributed by atoms with E-state index in [9.17, 15) is 19.7 Å². The Hall–Kier alpha value is -2.97. The van der Waals surface area contributed by atoms with Gasteiger partial charge < -0.3 is 9.74 Å². The van der Waals surface area contributed by atoms with E-state index in [2.05, 4.69) is 9.99 Å². The van der Waals surface area contributed by atoms with Gasteiger partial charge in [-0.2, -0.15) is 0 Å². The number of carbonyl (C=O) groups excluding carboxylic acids is 2. The SMILES string of the molecule is O=C(CCl)ON=C1C(=O)N(Cc2ccc(Cl)cc2)c2ccc([N+](=O)[O-])cc21.